The molecule has 4 aromatic rings. The van der Waals surface area contributed by atoms with E-state index in [1.807, 2.05) is 18.2 Å². The number of rotatable bonds is 3. The van der Waals surface area contributed by atoms with Crippen molar-refractivity contribution in [1.29, 1.82) is 0 Å². The van der Waals surface area contributed by atoms with E-state index in [0.717, 1.165) is 30.8 Å². The van der Waals surface area contributed by atoms with Crippen LogP contribution in [-0.2, 0) is 7.05 Å². The van der Waals surface area contributed by atoms with Crippen LogP contribution in [0.1, 0.15) is 20.8 Å². The van der Waals surface area contributed by atoms with E-state index in [-0.39, 0.29) is 11.2 Å². The third-order valence-corrected chi connectivity index (χ3v) is 6.00. The van der Waals surface area contributed by atoms with Gasteiger partial charge < -0.3 is 15.3 Å². The van der Waals surface area contributed by atoms with Crippen molar-refractivity contribution >= 4 is 17.1 Å². The van der Waals surface area contributed by atoms with Crippen LogP contribution in [-0.4, -0.2) is 65.9 Å². The predicted molar refractivity (Wildman–Crippen MR) is 126 cm³/mol. The van der Waals surface area contributed by atoms with Gasteiger partial charge in [-0.25, -0.2) is 9.97 Å². The summed E-state index contributed by atoms with van der Waals surface area (Å²) in [6.07, 6.45) is 3.39. The molecule has 10 nitrogen and oxygen atoms in total. The van der Waals surface area contributed by atoms with Gasteiger partial charge in [0.15, 0.2) is 0 Å². The van der Waals surface area contributed by atoms with Gasteiger partial charge in [0.1, 0.15) is 17.0 Å². The number of phenols is 1. The number of aromatic nitrogens is 7. The van der Waals surface area contributed by atoms with Crippen LogP contribution >= 0.6 is 0 Å². The maximum absolute atomic E-state index is 10.7. The van der Waals surface area contributed by atoms with E-state index in [2.05, 4.69) is 61.4 Å². The Morgan fingerprint density at radius 3 is 2.61 bits per heavy atom. The molecule has 0 saturated carbocycles. The monoisotopic (exact) mass is 445 g/mol. The van der Waals surface area contributed by atoms with Gasteiger partial charge in [0.2, 0.25) is 11.6 Å². The summed E-state index contributed by atoms with van der Waals surface area (Å²) in [6, 6.07) is 7.67. The minimum Gasteiger partial charge on any atom is -0.507 e. The number of phenolic OH excluding ortho intramolecular Hbond substituents is 1. The second-order valence-corrected chi connectivity index (χ2v) is 9.45. The van der Waals surface area contributed by atoms with Gasteiger partial charge in [0.25, 0.3) is 0 Å². The number of nitrogens with zero attached hydrogens (tertiary/aromatic N) is 8. The first kappa shape index (κ1) is 21.2. The number of piperazine rings is 1. The summed E-state index contributed by atoms with van der Waals surface area (Å²) in [6.45, 7) is 9.22. The van der Waals surface area contributed by atoms with E-state index in [1.54, 1.807) is 25.5 Å². The lowest BCUT2D eigenvalue weighted by Gasteiger charge is -2.40. The molecule has 5 rings (SSSR count). The highest BCUT2D eigenvalue weighted by Crippen LogP contribution is 2.33. The SMILES string of the molecule is Cn1nc2cc(-c3ccc(-c4cnc(N5CCN[C@@H](C(C)(C)C)C5)nn4)c(O)c3)cnc2n1. The Morgan fingerprint density at radius 1 is 1.03 bits per heavy atom. The highest BCUT2D eigenvalue weighted by Gasteiger charge is 2.30. The maximum Gasteiger partial charge on any atom is 0.245 e. The summed E-state index contributed by atoms with van der Waals surface area (Å²) >= 11 is 0. The van der Waals surface area contributed by atoms with Crippen LogP contribution in [0.4, 0.5) is 5.95 Å². The third kappa shape index (κ3) is 4.21. The Balaban J connectivity index is 1.37. The van der Waals surface area contributed by atoms with Gasteiger partial charge in [-0.05, 0) is 29.2 Å². The van der Waals surface area contributed by atoms with Crippen LogP contribution in [0.5, 0.6) is 5.75 Å². The highest BCUT2D eigenvalue weighted by atomic mass is 16.3. The Bertz CT molecular complexity index is 1290. The van der Waals surface area contributed by atoms with Gasteiger partial charge in [-0.15, -0.1) is 15.3 Å². The zero-order chi connectivity index (χ0) is 23.2. The maximum atomic E-state index is 10.7. The molecule has 2 N–H and O–H groups in total. The summed E-state index contributed by atoms with van der Waals surface area (Å²) in [5.74, 6) is 0.708. The number of aromatic hydroxyl groups is 1. The van der Waals surface area contributed by atoms with Crippen LogP contribution < -0.4 is 10.2 Å². The second kappa shape index (κ2) is 8.04. The molecule has 0 unspecified atom stereocenters. The van der Waals surface area contributed by atoms with Gasteiger partial charge in [-0.1, -0.05) is 26.8 Å². The zero-order valence-electron chi connectivity index (χ0n) is 19.2. The van der Waals surface area contributed by atoms with Gasteiger partial charge >= 0.3 is 0 Å². The lowest BCUT2D eigenvalue weighted by molar-refractivity contribution is 0.252. The van der Waals surface area contributed by atoms with Crippen molar-refractivity contribution in [2.45, 2.75) is 26.8 Å². The first-order valence-electron chi connectivity index (χ1n) is 11.0. The molecule has 3 aromatic heterocycles. The summed E-state index contributed by atoms with van der Waals surface area (Å²) in [7, 11) is 1.76. The van der Waals surface area contributed by atoms with Crippen molar-refractivity contribution in [2.24, 2.45) is 12.5 Å². The fourth-order valence-corrected chi connectivity index (χ4v) is 4.05. The Hall–Kier alpha value is -3.66. The predicted octanol–water partition coefficient (Wildman–Crippen LogP) is 2.41. The van der Waals surface area contributed by atoms with Gasteiger partial charge in [0.05, 0.1) is 6.20 Å². The molecule has 0 radical (unpaired) electrons. The molecule has 0 bridgehead atoms. The number of benzene rings is 1. The molecule has 1 aliphatic heterocycles. The molecule has 1 aliphatic rings. The van der Waals surface area contributed by atoms with Crippen molar-refractivity contribution in [3.05, 3.63) is 36.7 Å². The fraction of sp³-hybridized carbons (Fsp3) is 0.391. The third-order valence-electron chi connectivity index (χ3n) is 6.00. The zero-order valence-corrected chi connectivity index (χ0v) is 19.2. The smallest absolute Gasteiger partial charge is 0.245 e. The van der Waals surface area contributed by atoms with Crippen LogP contribution in [0.2, 0.25) is 0 Å². The molecule has 0 amide bonds. The molecule has 1 atom stereocenters. The lowest BCUT2D eigenvalue weighted by atomic mass is 9.85. The van der Waals surface area contributed by atoms with Crippen molar-refractivity contribution in [3.8, 4) is 28.1 Å². The van der Waals surface area contributed by atoms with Crippen molar-refractivity contribution in [3.63, 3.8) is 0 Å². The Kier molecular flexibility index (Phi) is 5.16. The minimum atomic E-state index is 0.102. The molecule has 33 heavy (non-hydrogen) atoms. The van der Waals surface area contributed by atoms with Gasteiger partial charge in [0, 0.05) is 50.0 Å². The number of pyridine rings is 1. The molecule has 1 fully saturated rings. The van der Waals surface area contributed by atoms with E-state index in [9.17, 15) is 5.11 Å². The van der Waals surface area contributed by atoms with E-state index in [4.69, 9.17) is 0 Å². The van der Waals surface area contributed by atoms with E-state index in [0.29, 0.717) is 34.4 Å². The summed E-state index contributed by atoms with van der Waals surface area (Å²) in [4.78, 5) is 12.5. The largest absolute Gasteiger partial charge is 0.507 e. The van der Waals surface area contributed by atoms with Gasteiger partial charge in [-0.2, -0.15) is 9.90 Å². The Labute approximate surface area is 191 Å². The molecule has 1 saturated heterocycles. The number of nitrogens with one attached hydrogen (secondary N) is 1. The molecular weight excluding hydrogens is 418 g/mol. The molecule has 10 heteroatoms. The number of hydrogen-bond donors (Lipinski definition) is 2. The molecule has 1 aromatic carbocycles. The lowest BCUT2D eigenvalue weighted by Crippen LogP contribution is -2.56. The van der Waals surface area contributed by atoms with Crippen molar-refractivity contribution in [2.75, 3.05) is 24.5 Å². The van der Waals surface area contributed by atoms with Crippen molar-refractivity contribution < 1.29 is 5.11 Å². The molecule has 0 spiro atoms. The normalized spacial score (nSPS) is 17.0. The second-order valence-electron chi connectivity index (χ2n) is 9.45. The van der Waals surface area contributed by atoms with Crippen LogP contribution in [0, 0.1) is 5.41 Å². The average Bonchev–Trinajstić information content (AvgIpc) is 3.18. The topological polar surface area (TPSA) is 118 Å². The highest BCUT2D eigenvalue weighted by molar-refractivity contribution is 5.79. The van der Waals surface area contributed by atoms with Crippen LogP contribution in [0.25, 0.3) is 33.5 Å². The standard InChI is InChI=1S/C23H27N9O/c1-23(2,3)20-13-32(8-7-24-20)22-26-12-18(27-28-22)16-6-5-14(10-19(16)33)15-9-17-21(25-11-15)30-31(4)29-17/h5-6,9-12,20,24,33H,7-8,13H2,1-4H3/t20-/m1/s1. The average molecular weight is 446 g/mol. The number of aryl methyl sites for hydroxylation is 1. The van der Waals surface area contributed by atoms with Crippen LogP contribution in [0.15, 0.2) is 36.7 Å². The summed E-state index contributed by atoms with van der Waals surface area (Å²) in [5.41, 5.74) is 4.19. The Morgan fingerprint density at radius 2 is 1.88 bits per heavy atom. The number of hydrogen-bond acceptors (Lipinski definition) is 9. The van der Waals surface area contributed by atoms with E-state index < -0.39 is 0 Å². The minimum absolute atomic E-state index is 0.102. The number of anilines is 1. The molecule has 170 valence electrons. The molecule has 4 heterocycles. The van der Waals surface area contributed by atoms with E-state index in [1.165, 1.54) is 4.80 Å². The molecular formula is C23H27N9O. The fourth-order valence-electron chi connectivity index (χ4n) is 4.05. The quantitative estimate of drug-likeness (QED) is 0.490. The van der Waals surface area contributed by atoms with Crippen molar-refractivity contribution in [1.82, 2.24) is 40.5 Å². The van der Waals surface area contributed by atoms with E-state index >= 15 is 0 Å². The number of fused-ring (bicyclic) bond motifs is 1. The summed E-state index contributed by atoms with van der Waals surface area (Å²) < 4.78 is 0. The summed E-state index contributed by atoms with van der Waals surface area (Å²) in [5, 5.41) is 31.5. The van der Waals surface area contributed by atoms with Gasteiger partial charge in [-0.3, -0.25) is 0 Å². The van der Waals surface area contributed by atoms with Crippen LogP contribution in [0.3, 0.4) is 0 Å². The first-order chi connectivity index (χ1) is 15.8. The molecule has 0 aliphatic carbocycles. The first-order valence-corrected chi connectivity index (χ1v) is 11.0.